The normalized spacial score (nSPS) is 22.2. The maximum absolute atomic E-state index is 12.6. The van der Waals surface area contributed by atoms with Crippen LogP contribution in [0.4, 0.5) is 19.0 Å². The minimum atomic E-state index is -4.32. The molecule has 118 valence electrons. The van der Waals surface area contributed by atoms with Gasteiger partial charge in [0.25, 0.3) is 0 Å². The number of ether oxygens (including phenoxy) is 1. The smallest absolute Gasteiger partial charge is 0.393 e. The van der Waals surface area contributed by atoms with Gasteiger partial charge in [-0.2, -0.15) is 13.2 Å². The van der Waals surface area contributed by atoms with E-state index in [0.29, 0.717) is 0 Å². The number of nitrogens with zero attached hydrogens (tertiary/aromatic N) is 2. The Labute approximate surface area is 124 Å². The number of imidazole rings is 1. The highest BCUT2D eigenvalue weighted by atomic mass is 35.5. The monoisotopic (exact) mass is 325 g/mol. The summed E-state index contributed by atoms with van der Waals surface area (Å²) in [5, 5.41) is -0.245. The first-order chi connectivity index (χ1) is 9.42. The third kappa shape index (κ3) is 3.25. The molecule has 1 aromatic heterocycles. The van der Waals surface area contributed by atoms with Crippen LogP contribution in [0, 0.1) is 5.92 Å². The van der Waals surface area contributed by atoms with E-state index >= 15 is 0 Å². The molecular weight excluding hydrogens is 311 g/mol. The maximum Gasteiger partial charge on any atom is 0.393 e. The van der Waals surface area contributed by atoms with Crippen LogP contribution >= 0.6 is 11.6 Å². The lowest BCUT2D eigenvalue weighted by Crippen LogP contribution is -2.24. The molecule has 1 aromatic rings. The summed E-state index contributed by atoms with van der Waals surface area (Å²) in [5.41, 5.74) is 4.69. The minimum absolute atomic E-state index is 0.127. The molecule has 1 aliphatic rings. The molecule has 21 heavy (non-hydrogen) atoms. The lowest BCUT2D eigenvalue weighted by Gasteiger charge is -2.18. The van der Waals surface area contributed by atoms with Crippen LogP contribution in [0.5, 0.6) is 0 Å². The van der Waals surface area contributed by atoms with Crippen LogP contribution in [-0.2, 0) is 4.74 Å². The number of alkyl halides is 3. The molecule has 2 atom stereocenters. The molecule has 0 bridgehead atoms. The summed E-state index contributed by atoms with van der Waals surface area (Å²) in [7, 11) is 0. The molecule has 0 spiro atoms. The zero-order chi connectivity index (χ0) is 16.2. The molecule has 1 aliphatic carbocycles. The highest BCUT2D eigenvalue weighted by Gasteiger charge is 2.57. The molecular formula is C12H15ClF3N3O2. The number of esters is 1. The van der Waals surface area contributed by atoms with E-state index in [0.717, 1.165) is 4.57 Å². The number of carbonyl (C=O) groups is 1. The van der Waals surface area contributed by atoms with Crippen LogP contribution in [-0.4, -0.2) is 27.3 Å². The van der Waals surface area contributed by atoms with Gasteiger partial charge in [0, 0.05) is 0 Å². The first-order valence-electron chi connectivity index (χ1n) is 6.25. The van der Waals surface area contributed by atoms with E-state index in [9.17, 15) is 18.0 Å². The van der Waals surface area contributed by atoms with E-state index in [1.54, 1.807) is 20.8 Å². The standard InChI is InChI=1S/C12H15ClF3N3O2/c1-11(2,3)21-9(20)7-8(17)19(10(13)18-7)6-4-5(6)12(14,15)16/h5-6H,4,17H2,1-3H3/t5-,6-/m1/s1. The lowest BCUT2D eigenvalue weighted by atomic mass is 10.2. The van der Waals surface area contributed by atoms with Gasteiger partial charge in [-0.3, -0.25) is 4.57 Å². The summed E-state index contributed by atoms with van der Waals surface area (Å²) in [6.45, 7) is 4.96. The zero-order valence-corrected chi connectivity index (χ0v) is 12.4. The van der Waals surface area contributed by atoms with Crippen LogP contribution in [0.2, 0.25) is 5.28 Å². The van der Waals surface area contributed by atoms with E-state index < -0.39 is 29.7 Å². The number of nitrogen functional groups attached to an aromatic ring is 1. The van der Waals surface area contributed by atoms with Crippen LogP contribution in [0.3, 0.4) is 0 Å². The van der Waals surface area contributed by atoms with Gasteiger partial charge in [0.1, 0.15) is 11.4 Å². The molecule has 0 amide bonds. The second-order valence-corrected chi connectivity index (χ2v) is 6.28. The molecule has 0 unspecified atom stereocenters. The molecule has 1 heterocycles. The highest BCUT2D eigenvalue weighted by Crippen LogP contribution is 2.55. The Morgan fingerprint density at radius 2 is 2.00 bits per heavy atom. The summed E-state index contributed by atoms with van der Waals surface area (Å²) < 4.78 is 44.0. The molecule has 5 nitrogen and oxygen atoms in total. The molecule has 1 fully saturated rings. The molecule has 0 aromatic carbocycles. The number of hydrogen-bond acceptors (Lipinski definition) is 4. The lowest BCUT2D eigenvalue weighted by molar-refractivity contribution is -0.150. The van der Waals surface area contributed by atoms with E-state index in [1.807, 2.05) is 0 Å². The number of rotatable bonds is 2. The number of hydrogen-bond donors (Lipinski definition) is 1. The predicted molar refractivity (Wildman–Crippen MR) is 70.0 cm³/mol. The van der Waals surface area contributed by atoms with Crippen molar-refractivity contribution in [1.29, 1.82) is 0 Å². The van der Waals surface area contributed by atoms with E-state index in [2.05, 4.69) is 4.98 Å². The Kier molecular flexibility index (Phi) is 3.64. The van der Waals surface area contributed by atoms with Crippen molar-refractivity contribution in [3.8, 4) is 0 Å². The molecule has 2 rings (SSSR count). The fourth-order valence-corrected chi connectivity index (χ4v) is 2.33. The second kappa shape index (κ2) is 4.79. The van der Waals surface area contributed by atoms with Crippen LogP contribution < -0.4 is 5.73 Å². The van der Waals surface area contributed by atoms with E-state index in [-0.39, 0.29) is 23.2 Å². The average molecular weight is 326 g/mol. The molecule has 9 heteroatoms. The van der Waals surface area contributed by atoms with Crippen molar-refractivity contribution in [1.82, 2.24) is 9.55 Å². The van der Waals surface area contributed by atoms with Crippen molar-refractivity contribution in [3.63, 3.8) is 0 Å². The SMILES string of the molecule is CC(C)(C)OC(=O)c1nc(Cl)n([C@@H]2C[C@H]2C(F)(F)F)c1N. The van der Waals surface area contributed by atoms with Crippen molar-refractivity contribution < 1.29 is 22.7 Å². The van der Waals surface area contributed by atoms with Gasteiger partial charge in [-0.25, -0.2) is 9.78 Å². The first kappa shape index (κ1) is 15.9. The third-order valence-electron chi connectivity index (χ3n) is 3.01. The molecule has 0 radical (unpaired) electrons. The van der Waals surface area contributed by atoms with E-state index in [1.165, 1.54) is 0 Å². The van der Waals surface area contributed by atoms with Crippen molar-refractivity contribution >= 4 is 23.4 Å². The fraction of sp³-hybridized carbons (Fsp3) is 0.667. The van der Waals surface area contributed by atoms with Crippen molar-refractivity contribution in [2.45, 2.75) is 45.0 Å². The maximum atomic E-state index is 12.6. The van der Waals surface area contributed by atoms with Gasteiger partial charge < -0.3 is 10.5 Å². The van der Waals surface area contributed by atoms with Gasteiger partial charge in [-0.05, 0) is 38.8 Å². The van der Waals surface area contributed by atoms with Gasteiger partial charge in [0.2, 0.25) is 5.28 Å². The number of nitrogens with two attached hydrogens (primary N) is 1. The van der Waals surface area contributed by atoms with E-state index in [4.69, 9.17) is 22.1 Å². The number of carbonyl (C=O) groups excluding carboxylic acids is 1. The summed E-state index contributed by atoms with van der Waals surface area (Å²) in [6.07, 6.45) is -4.45. The Balaban J connectivity index is 2.26. The number of halogens is 4. The van der Waals surface area contributed by atoms with Crippen LogP contribution in [0.25, 0.3) is 0 Å². The predicted octanol–water partition coefficient (Wildman–Crippen LogP) is 3.20. The summed E-state index contributed by atoms with van der Waals surface area (Å²) in [5.74, 6) is -2.53. The van der Waals surface area contributed by atoms with Crippen molar-refractivity contribution in [2.24, 2.45) is 5.92 Å². The third-order valence-corrected chi connectivity index (χ3v) is 3.27. The second-order valence-electron chi connectivity index (χ2n) is 5.94. The Hall–Kier alpha value is -1.44. The van der Waals surface area contributed by atoms with Gasteiger partial charge >= 0.3 is 12.1 Å². The fourth-order valence-electron chi connectivity index (χ4n) is 2.03. The molecule has 1 saturated carbocycles. The molecule has 0 aliphatic heterocycles. The quantitative estimate of drug-likeness (QED) is 0.848. The summed E-state index contributed by atoms with van der Waals surface area (Å²) >= 11 is 5.81. The molecule has 2 N–H and O–H groups in total. The van der Waals surface area contributed by atoms with Crippen LogP contribution in [0.1, 0.15) is 43.7 Å². The summed E-state index contributed by atoms with van der Waals surface area (Å²) in [6, 6.07) is -0.916. The number of aromatic nitrogens is 2. The Morgan fingerprint density at radius 1 is 1.43 bits per heavy atom. The molecule has 0 saturated heterocycles. The van der Waals surface area contributed by atoms with Gasteiger partial charge in [0.15, 0.2) is 5.69 Å². The average Bonchev–Trinajstić information content (AvgIpc) is 2.98. The minimum Gasteiger partial charge on any atom is -0.455 e. The summed E-state index contributed by atoms with van der Waals surface area (Å²) in [4.78, 5) is 15.6. The Bertz CT molecular complexity index is 578. The van der Waals surface area contributed by atoms with Crippen molar-refractivity contribution in [3.05, 3.63) is 11.0 Å². The highest BCUT2D eigenvalue weighted by molar-refractivity contribution is 6.29. The Morgan fingerprint density at radius 3 is 2.43 bits per heavy atom. The van der Waals surface area contributed by atoms with Crippen molar-refractivity contribution in [2.75, 3.05) is 5.73 Å². The van der Waals surface area contributed by atoms with Gasteiger partial charge in [-0.1, -0.05) is 0 Å². The number of anilines is 1. The largest absolute Gasteiger partial charge is 0.455 e. The van der Waals surface area contributed by atoms with Gasteiger partial charge in [-0.15, -0.1) is 0 Å². The van der Waals surface area contributed by atoms with Gasteiger partial charge in [0.05, 0.1) is 12.0 Å². The van der Waals surface area contributed by atoms with Crippen LogP contribution in [0.15, 0.2) is 0 Å². The topological polar surface area (TPSA) is 70.1 Å². The zero-order valence-electron chi connectivity index (χ0n) is 11.7. The first-order valence-corrected chi connectivity index (χ1v) is 6.63.